The maximum atomic E-state index is 12.3. The molecule has 28 heavy (non-hydrogen) atoms. The van der Waals surface area contributed by atoms with Gasteiger partial charge in [0.2, 0.25) is 17.7 Å². The van der Waals surface area contributed by atoms with Gasteiger partial charge in [0.1, 0.15) is 5.54 Å². The molecule has 0 radical (unpaired) electrons. The van der Waals surface area contributed by atoms with E-state index in [1.165, 1.54) is 6.92 Å². The van der Waals surface area contributed by atoms with Gasteiger partial charge in [-0.15, -0.1) is 0 Å². The minimum atomic E-state index is -0.858. The SMILES string of the molecule is CC(=O)NC1(c2noc(CCC(=O)N3CC[C@H](C(=O)O)C3)n2)CCCCCC1. The Hall–Kier alpha value is -2.45. The summed E-state index contributed by atoms with van der Waals surface area (Å²) >= 11 is 0. The molecule has 1 atom stereocenters. The third kappa shape index (κ3) is 4.69. The third-order valence-electron chi connectivity index (χ3n) is 5.71. The summed E-state index contributed by atoms with van der Waals surface area (Å²) in [6, 6.07) is 0. The molecule has 1 aliphatic heterocycles. The molecule has 154 valence electrons. The van der Waals surface area contributed by atoms with Crippen LogP contribution in [0.15, 0.2) is 4.52 Å². The van der Waals surface area contributed by atoms with Crippen molar-refractivity contribution < 1.29 is 24.0 Å². The number of aromatic nitrogens is 2. The maximum absolute atomic E-state index is 12.3. The number of aliphatic carboxylic acids is 1. The van der Waals surface area contributed by atoms with Gasteiger partial charge in [0, 0.05) is 32.9 Å². The van der Waals surface area contributed by atoms with Crippen molar-refractivity contribution in [1.82, 2.24) is 20.4 Å². The molecule has 0 unspecified atom stereocenters. The van der Waals surface area contributed by atoms with Crippen LogP contribution in [0.5, 0.6) is 0 Å². The molecule has 3 rings (SSSR count). The summed E-state index contributed by atoms with van der Waals surface area (Å²) in [6.45, 7) is 2.22. The number of amides is 2. The first kappa shape index (κ1) is 20.3. The summed E-state index contributed by atoms with van der Waals surface area (Å²) in [7, 11) is 0. The van der Waals surface area contributed by atoms with E-state index < -0.39 is 17.4 Å². The largest absolute Gasteiger partial charge is 0.481 e. The molecule has 9 nitrogen and oxygen atoms in total. The molecule has 0 bridgehead atoms. The summed E-state index contributed by atoms with van der Waals surface area (Å²) in [4.78, 5) is 41.2. The molecule has 0 spiro atoms. The van der Waals surface area contributed by atoms with Crippen LogP contribution in [-0.2, 0) is 26.3 Å². The summed E-state index contributed by atoms with van der Waals surface area (Å²) in [5.74, 6) is -0.708. The Kier molecular flexibility index (Phi) is 6.31. The molecule has 2 aliphatic rings. The van der Waals surface area contributed by atoms with Crippen LogP contribution in [0.4, 0.5) is 0 Å². The van der Waals surface area contributed by atoms with Crippen molar-refractivity contribution in [3.63, 3.8) is 0 Å². The Morgan fingerprint density at radius 3 is 2.57 bits per heavy atom. The van der Waals surface area contributed by atoms with Crippen LogP contribution in [0, 0.1) is 5.92 Å². The first-order valence-corrected chi connectivity index (χ1v) is 10.0. The van der Waals surface area contributed by atoms with Crippen LogP contribution in [-0.4, -0.2) is 51.0 Å². The van der Waals surface area contributed by atoms with Crippen LogP contribution >= 0.6 is 0 Å². The Bertz CT molecular complexity index is 724. The van der Waals surface area contributed by atoms with Gasteiger partial charge in [-0.1, -0.05) is 30.8 Å². The highest BCUT2D eigenvalue weighted by Crippen LogP contribution is 2.34. The van der Waals surface area contributed by atoms with Crippen molar-refractivity contribution in [3.8, 4) is 0 Å². The van der Waals surface area contributed by atoms with Crippen LogP contribution in [0.25, 0.3) is 0 Å². The molecule has 2 heterocycles. The Morgan fingerprint density at radius 1 is 1.25 bits per heavy atom. The number of hydrogen-bond acceptors (Lipinski definition) is 6. The molecule has 1 aromatic heterocycles. The predicted octanol–water partition coefficient (Wildman–Crippen LogP) is 1.62. The van der Waals surface area contributed by atoms with Crippen molar-refractivity contribution >= 4 is 17.8 Å². The third-order valence-corrected chi connectivity index (χ3v) is 5.71. The fourth-order valence-electron chi connectivity index (χ4n) is 4.18. The minimum Gasteiger partial charge on any atom is -0.481 e. The normalized spacial score (nSPS) is 21.9. The Balaban J connectivity index is 1.62. The molecule has 2 fully saturated rings. The first-order chi connectivity index (χ1) is 13.4. The van der Waals surface area contributed by atoms with Crippen molar-refractivity contribution in [1.29, 1.82) is 0 Å². The summed E-state index contributed by atoms with van der Waals surface area (Å²) < 4.78 is 5.36. The van der Waals surface area contributed by atoms with Crippen LogP contribution in [0.3, 0.4) is 0 Å². The van der Waals surface area contributed by atoms with Gasteiger partial charge in [-0.25, -0.2) is 0 Å². The van der Waals surface area contributed by atoms with Gasteiger partial charge in [0.05, 0.1) is 5.92 Å². The average Bonchev–Trinajstić information content (AvgIpc) is 3.27. The van der Waals surface area contributed by atoms with Gasteiger partial charge < -0.3 is 19.8 Å². The van der Waals surface area contributed by atoms with Crippen molar-refractivity contribution in [3.05, 3.63) is 11.7 Å². The average molecular weight is 392 g/mol. The lowest BCUT2D eigenvalue weighted by Gasteiger charge is -2.30. The monoisotopic (exact) mass is 392 g/mol. The summed E-state index contributed by atoms with van der Waals surface area (Å²) in [6.07, 6.45) is 6.75. The standard InChI is InChI=1S/C19H28N4O5/c1-13(24)21-19(9-4-2-3-5-10-19)18-20-15(28-22-18)6-7-16(25)23-11-8-14(12-23)17(26)27/h14H,2-12H2,1H3,(H,21,24)(H,26,27)/t14-/m0/s1. The zero-order valence-electron chi connectivity index (χ0n) is 16.3. The minimum absolute atomic E-state index is 0.102. The number of nitrogens with zero attached hydrogens (tertiary/aromatic N) is 3. The van der Waals surface area contributed by atoms with Gasteiger partial charge in [-0.3, -0.25) is 14.4 Å². The summed E-state index contributed by atoms with van der Waals surface area (Å²) in [5, 5.41) is 16.2. The second-order valence-corrected chi connectivity index (χ2v) is 7.85. The van der Waals surface area contributed by atoms with Gasteiger partial charge in [0.25, 0.3) is 0 Å². The van der Waals surface area contributed by atoms with E-state index in [4.69, 9.17) is 9.63 Å². The zero-order chi connectivity index (χ0) is 20.1. The number of likely N-dealkylation sites (tertiary alicyclic amines) is 1. The molecular weight excluding hydrogens is 364 g/mol. The van der Waals surface area contributed by atoms with Crippen LogP contribution in [0.2, 0.25) is 0 Å². The fourth-order valence-corrected chi connectivity index (χ4v) is 4.18. The zero-order valence-corrected chi connectivity index (χ0v) is 16.3. The topological polar surface area (TPSA) is 126 Å². The molecular formula is C19H28N4O5. The number of nitrogens with one attached hydrogen (secondary N) is 1. The number of carbonyl (C=O) groups is 3. The van der Waals surface area contributed by atoms with E-state index in [0.717, 1.165) is 38.5 Å². The van der Waals surface area contributed by atoms with E-state index in [1.807, 2.05) is 0 Å². The molecule has 2 amide bonds. The summed E-state index contributed by atoms with van der Waals surface area (Å²) in [5.41, 5.74) is -0.599. The molecule has 2 N–H and O–H groups in total. The number of carboxylic acids is 1. The van der Waals surface area contributed by atoms with Crippen LogP contribution in [0.1, 0.15) is 70.0 Å². The molecule has 0 aromatic carbocycles. The van der Waals surface area contributed by atoms with E-state index in [-0.39, 0.29) is 24.8 Å². The van der Waals surface area contributed by atoms with Gasteiger partial charge in [-0.2, -0.15) is 4.98 Å². The van der Waals surface area contributed by atoms with Gasteiger partial charge >= 0.3 is 5.97 Å². The number of carbonyl (C=O) groups excluding carboxylic acids is 2. The van der Waals surface area contributed by atoms with Crippen molar-refractivity contribution in [2.45, 2.75) is 70.3 Å². The van der Waals surface area contributed by atoms with E-state index in [1.54, 1.807) is 4.90 Å². The fraction of sp³-hybridized carbons (Fsp3) is 0.737. The molecule has 1 saturated carbocycles. The van der Waals surface area contributed by atoms with Gasteiger partial charge in [0.15, 0.2) is 5.82 Å². The quantitative estimate of drug-likeness (QED) is 0.705. The highest BCUT2D eigenvalue weighted by Gasteiger charge is 2.38. The van der Waals surface area contributed by atoms with Crippen molar-refractivity contribution in [2.75, 3.05) is 13.1 Å². The second kappa shape index (κ2) is 8.70. The number of aryl methyl sites for hydroxylation is 1. The highest BCUT2D eigenvalue weighted by atomic mass is 16.5. The number of carboxylic acid groups (broad SMARTS) is 1. The number of rotatable bonds is 6. The molecule has 1 aromatic rings. The maximum Gasteiger partial charge on any atom is 0.308 e. The van der Waals surface area contributed by atoms with E-state index in [9.17, 15) is 14.4 Å². The molecule has 1 saturated heterocycles. The lowest BCUT2D eigenvalue weighted by Crippen LogP contribution is -2.45. The smallest absolute Gasteiger partial charge is 0.308 e. The van der Waals surface area contributed by atoms with E-state index in [2.05, 4.69) is 15.5 Å². The number of hydrogen-bond donors (Lipinski definition) is 2. The lowest BCUT2D eigenvalue weighted by molar-refractivity contribution is -0.141. The van der Waals surface area contributed by atoms with Gasteiger partial charge in [-0.05, 0) is 19.3 Å². The van der Waals surface area contributed by atoms with E-state index >= 15 is 0 Å². The lowest BCUT2D eigenvalue weighted by atomic mass is 9.89. The highest BCUT2D eigenvalue weighted by molar-refractivity contribution is 5.78. The predicted molar refractivity (Wildman–Crippen MR) is 98.1 cm³/mol. The molecule has 9 heteroatoms. The Labute approximate surface area is 163 Å². The van der Waals surface area contributed by atoms with Crippen molar-refractivity contribution in [2.24, 2.45) is 5.92 Å². The molecule has 1 aliphatic carbocycles. The van der Waals surface area contributed by atoms with E-state index in [0.29, 0.717) is 31.1 Å². The Morgan fingerprint density at radius 2 is 1.96 bits per heavy atom. The first-order valence-electron chi connectivity index (χ1n) is 10.0. The second-order valence-electron chi connectivity index (χ2n) is 7.85. The van der Waals surface area contributed by atoms with Crippen LogP contribution < -0.4 is 5.32 Å².